The highest BCUT2D eigenvalue weighted by Crippen LogP contribution is 2.30. The number of rotatable bonds is 4. The summed E-state index contributed by atoms with van der Waals surface area (Å²) in [7, 11) is 0. The molecule has 5 rings (SSSR count). The SMILES string of the molecule is O=C([C@@H]1CC(=O)N(c2n[nH]c3ccccc23)C1)N1CCN(Cc2ccccc2)CC1. The van der Waals surface area contributed by atoms with E-state index in [0.717, 1.165) is 30.5 Å². The van der Waals surface area contributed by atoms with Gasteiger partial charge in [-0.25, -0.2) is 0 Å². The lowest BCUT2D eigenvalue weighted by atomic mass is 10.1. The van der Waals surface area contributed by atoms with Gasteiger partial charge in [0.05, 0.1) is 11.4 Å². The second-order valence-corrected chi connectivity index (χ2v) is 8.09. The molecule has 3 heterocycles. The third kappa shape index (κ3) is 3.57. The number of carbonyl (C=O) groups is 2. The summed E-state index contributed by atoms with van der Waals surface area (Å²) in [6.45, 7) is 4.44. The Morgan fingerprint density at radius 2 is 1.73 bits per heavy atom. The molecule has 2 aliphatic rings. The molecule has 0 unspecified atom stereocenters. The number of nitrogens with one attached hydrogen (secondary N) is 1. The van der Waals surface area contributed by atoms with Crippen molar-refractivity contribution < 1.29 is 9.59 Å². The summed E-state index contributed by atoms with van der Waals surface area (Å²) in [6, 6.07) is 18.1. The van der Waals surface area contributed by atoms with E-state index in [2.05, 4.69) is 39.4 Å². The zero-order chi connectivity index (χ0) is 20.5. The van der Waals surface area contributed by atoms with E-state index in [9.17, 15) is 9.59 Å². The summed E-state index contributed by atoms with van der Waals surface area (Å²) in [5, 5.41) is 8.22. The molecule has 0 radical (unpaired) electrons. The van der Waals surface area contributed by atoms with Crippen LogP contribution in [0.15, 0.2) is 54.6 Å². The van der Waals surface area contributed by atoms with E-state index in [1.807, 2.05) is 35.2 Å². The topological polar surface area (TPSA) is 72.5 Å². The predicted octanol–water partition coefficient (Wildman–Crippen LogP) is 2.26. The molecule has 0 aliphatic carbocycles. The molecule has 2 fully saturated rings. The van der Waals surface area contributed by atoms with Crippen molar-refractivity contribution in [1.82, 2.24) is 20.0 Å². The van der Waals surface area contributed by atoms with Crippen LogP contribution in [0.5, 0.6) is 0 Å². The van der Waals surface area contributed by atoms with Crippen LogP contribution in [0.2, 0.25) is 0 Å². The lowest BCUT2D eigenvalue weighted by Gasteiger charge is -2.35. The largest absolute Gasteiger partial charge is 0.340 e. The zero-order valence-corrected chi connectivity index (χ0v) is 16.8. The number of nitrogens with zero attached hydrogens (tertiary/aromatic N) is 4. The van der Waals surface area contributed by atoms with Gasteiger partial charge in [-0.3, -0.25) is 24.5 Å². The van der Waals surface area contributed by atoms with Crippen LogP contribution >= 0.6 is 0 Å². The van der Waals surface area contributed by atoms with Gasteiger partial charge in [0.15, 0.2) is 5.82 Å². The summed E-state index contributed by atoms with van der Waals surface area (Å²) in [5.41, 5.74) is 2.19. The van der Waals surface area contributed by atoms with Gasteiger partial charge in [0.1, 0.15) is 0 Å². The van der Waals surface area contributed by atoms with Gasteiger partial charge in [0.2, 0.25) is 11.8 Å². The van der Waals surface area contributed by atoms with Gasteiger partial charge in [-0.05, 0) is 17.7 Å². The summed E-state index contributed by atoms with van der Waals surface area (Å²) >= 11 is 0. The smallest absolute Gasteiger partial charge is 0.229 e. The molecule has 7 nitrogen and oxygen atoms in total. The first-order valence-electron chi connectivity index (χ1n) is 10.5. The Kier molecular flexibility index (Phi) is 4.96. The number of benzene rings is 2. The highest BCUT2D eigenvalue weighted by atomic mass is 16.2. The molecule has 0 spiro atoms. The second kappa shape index (κ2) is 7.91. The number of hydrogen-bond acceptors (Lipinski definition) is 4. The number of amides is 2. The minimum atomic E-state index is -0.298. The van der Waals surface area contributed by atoms with Crippen molar-refractivity contribution in [3.63, 3.8) is 0 Å². The summed E-state index contributed by atoms with van der Waals surface area (Å²) < 4.78 is 0. The third-order valence-corrected chi connectivity index (χ3v) is 6.11. The number of anilines is 1. The Balaban J connectivity index is 1.21. The summed E-state index contributed by atoms with van der Waals surface area (Å²) in [4.78, 5) is 31.7. The van der Waals surface area contributed by atoms with Crippen LogP contribution in [0.25, 0.3) is 10.9 Å². The molecule has 7 heteroatoms. The van der Waals surface area contributed by atoms with E-state index >= 15 is 0 Å². The third-order valence-electron chi connectivity index (χ3n) is 6.11. The van der Waals surface area contributed by atoms with E-state index < -0.39 is 0 Å². The van der Waals surface area contributed by atoms with E-state index in [0.29, 0.717) is 25.5 Å². The average molecular weight is 403 g/mol. The Bertz CT molecular complexity index is 1060. The number of para-hydroxylation sites is 1. The van der Waals surface area contributed by atoms with Gasteiger partial charge >= 0.3 is 0 Å². The Morgan fingerprint density at radius 3 is 2.53 bits per heavy atom. The predicted molar refractivity (Wildman–Crippen MR) is 115 cm³/mol. The fraction of sp³-hybridized carbons (Fsp3) is 0.348. The van der Waals surface area contributed by atoms with Gasteiger partial charge in [-0.15, -0.1) is 0 Å². The molecule has 2 saturated heterocycles. The fourth-order valence-electron chi connectivity index (χ4n) is 4.46. The van der Waals surface area contributed by atoms with Crippen molar-refractivity contribution in [2.45, 2.75) is 13.0 Å². The lowest BCUT2D eigenvalue weighted by Crippen LogP contribution is -2.50. The second-order valence-electron chi connectivity index (χ2n) is 8.09. The Hall–Kier alpha value is -3.19. The highest BCUT2D eigenvalue weighted by molar-refractivity contribution is 6.05. The maximum absolute atomic E-state index is 13.1. The number of aromatic nitrogens is 2. The van der Waals surface area contributed by atoms with Gasteiger partial charge in [0, 0.05) is 51.1 Å². The van der Waals surface area contributed by atoms with E-state index in [4.69, 9.17) is 0 Å². The van der Waals surface area contributed by atoms with E-state index in [1.165, 1.54) is 5.56 Å². The lowest BCUT2D eigenvalue weighted by molar-refractivity contribution is -0.137. The molecule has 1 N–H and O–H groups in total. The van der Waals surface area contributed by atoms with Gasteiger partial charge in [-0.2, -0.15) is 5.10 Å². The van der Waals surface area contributed by atoms with Gasteiger partial charge < -0.3 is 4.90 Å². The van der Waals surface area contributed by atoms with E-state index in [-0.39, 0.29) is 24.2 Å². The minimum absolute atomic E-state index is 0.0340. The van der Waals surface area contributed by atoms with Crippen molar-refractivity contribution >= 4 is 28.5 Å². The Morgan fingerprint density at radius 1 is 1.00 bits per heavy atom. The maximum Gasteiger partial charge on any atom is 0.229 e. The molecule has 154 valence electrons. The number of aromatic amines is 1. The first-order valence-corrected chi connectivity index (χ1v) is 10.5. The van der Waals surface area contributed by atoms with Crippen LogP contribution in [0.4, 0.5) is 5.82 Å². The number of piperazine rings is 1. The molecule has 1 aromatic heterocycles. The molecule has 2 amide bonds. The van der Waals surface area contributed by atoms with Crippen molar-refractivity contribution in [3.8, 4) is 0 Å². The number of H-pyrrole nitrogens is 1. The van der Waals surface area contributed by atoms with Crippen LogP contribution in [-0.2, 0) is 16.1 Å². The van der Waals surface area contributed by atoms with Crippen LogP contribution in [0.1, 0.15) is 12.0 Å². The number of fused-ring (bicyclic) bond motifs is 1. The molecule has 1 atom stereocenters. The molecule has 0 bridgehead atoms. The quantitative estimate of drug-likeness (QED) is 0.725. The molecule has 0 saturated carbocycles. The standard InChI is InChI=1S/C23H25N5O2/c29-21-14-18(16-28(21)22-19-8-4-5-9-20(19)24-25-22)23(30)27-12-10-26(11-13-27)15-17-6-2-1-3-7-17/h1-9,18H,10-16H2,(H,24,25)/t18-/m1/s1. The normalized spacial score (nSPS) is 20.3. The van der Waals surface area contributed by atoms with Crippen LogP contribution < -0.4 is 4.90 Å². The molecule has 2 aliphatic heterocycles. The summed E-state index contributed by atoms with van der Waals surface area (Å²) in [6.07, 6.45) is 0.254. The van der Waals surface area contributed by atoms with Crippen LogP contribution in [0, 0.1) is 5.92 Å². The number of hydrogen-bond donors (Lipinski definition) is 1. The monoisotopic (exact) mass is 403 g/mol. The van der Waals surface area contributed by atoms with Crippen molar-refractivity contribution in [3.05, 3.63) is 60.2 Å². The van der Waals surface area contributed by atoms with E-state index in [1.54, 1.807) is 4.90 Å². The van der Waals surface area contributed by atoms with Gasteiger partial charge in [0.25, 0.3) is 0 Å². The maximum atomic E-state index is 13.1. The van der Waals surface area contributed by atoms with Crippen molar-refractivity contribution in [1.29, 1.82) is 0 Å². The first-order chi connectivity index (χ1) is 14.7. The van der Waals surface area contributed by atoms with Crippen molar-refractivity contribution in [2.24, 2.45) is 5.92 Å². The average Bonchev–Trinajstić information content (AvgIpc) is 3.38. The van der Waals surface area contributed by atoms with Crippen LogP contribution in [0.3, 0.4) is 0 Å². The van der Waals surface area contributed by atoms with Gasteiger partial charge in [-0.1, -0.05) is 42.5 Å². The minimum Gasteiger partial charge on any atom is -0.340 e. The number of carbonyl (C=O) groups excluding carboxylic acids is 2. The zero-order valence-electron chi connectivity index (χ0n) is 16.8. The first kappa shape index (κ1) is 18.8. The molecular weight excluding hydrogens is 378 g/mol. The molecule has 3 aromatic rings. The summed E-state index contributed by atoms with van der Waals surface area (Å²) in [5.74, 6) is 0.380. The van der Waals surface area contributed by atoms with Crippen LogP contribution in [-0.4, -0.2) is 64.5 Å². The van der Waals surface area contributed by atoms with Crippen molar-refractivity contribution in [2.75, 3.05) is 37.6 Å². The Labute approximate surface area is 175 Å². The highest BCUT2D eigenvalue weighted by Gasteiger charge is 2.39. The molecular formula is C23H25N5O2. The molecule has 30 heavy (non-hydrogen) atoms. The fourth-order valence-corrected chi connectivity index (χ4v) is 4.46. The molecule has 2 aromatic carbocycles.